The molecule has 10 heteroatoms. The van der Waals surface area contributed by atoms with Crippen LogP contribution in [0.2, 0.25) is 0 Å². The van der Waals surface area contributed by atoms with E-state index in [4.69, 9.17) is 5.73 Å². The average molecular weight is 528 g/mol. The Morgan fingerprint density at radius 2 is 1.74 bits per heavy atom. The van der Waals surface area contributed by atoms with Crippen LogP contribution in [0.15, 0.2) is 48.5 Å². The minimum atomic E-state index is -0.945. The van der Waals surface area contributed by atoms with Crippen LogP contribution >= 0.6 is 0 Å². The Morgan fingerprint density at radius 3 is 2.34 bits per heavy atom. The molecule has 0 radical (unpaired) electrons. The summed E-state index contributed by atoms with van der Waals surface area (Å²) in [4.78, 5) is 42.9. The van der Waals surface area contributed by atoms with Gasteiger partial charge in [0.05, 0.1) is 11.6 Å². The summed E-state index contributed by atoms with van der Waals surface area (Å²) in [5.41, 5.74) is 6.28. The van der Waals surface area contributed by atoms with Crippen molar-refractivity contribution in [2.75, 3.05) is 26.7 Å². The van der Waals surface area contributed by atoms with E-state index in [-0.39, 0.29) is 48.2 Å². The predicted molar refractivity (Wildman–Crippen MR) is 139 cm³/mol. The minimum absolute atomic E-state index is 0.196. The number of carbonyl (C=O) groups is 3. The average Bonchev–Trinajstić information content (AvgIpc) is 3.66. The van der Waals surface area contributed by atoms with E-state index in [1.807, 2.05) is 11.8 Å². The number of nitrogens with two attached hydrogens (primary N) is 1. The van der Waals surface area contributed by atoms with Gasteiger partial charge in [0.1, 0.15) is 17.7 Å². The summed E-state index contributed by atoms with van der Waals surface area (Å²) in [5, 5.41) is 5.50. The molecule has 3 unspecified atom stereocenters. The van der Waals surface area contributed by atoms with Gasteiger partial charge in [-0.1, -0.05) is 30.3 Å². The topological polar surface area (TPSA) is 108 Å². The number of rotatable bonds is 9. The predicted octanol–water partition coefficient (Wildman–Crippen LogP) is 1.37. The van der Waals surface area contributed by atoms with E-state index in [1.165, 1.54) is 18.2 Å². The fourth-order valence-electron chi connectivity index (χ4n) is 4.94. The molecule has 2 aromatic rings. The first-order chi connectivity index (χ1) is 18.1. The zero-order chi connectivity index (χ0) is 27.4. The molecule has 0 aromatic heterocycles. The number of hydrogen-bond donors (Lipinski definition) is 3. The Labute approximate surface area is 221 Å². The third-order valence-electron chi connectivity index (χ3n) is 7.50. The first kappa shape index (κ1) is 27.7. The van der Waals surface area contributed by atoms with Crippen molar-refractivity contribution in [1.82, 2.24) is 20.4 Å². The Kier molecular flexibility index (Phi) is 8.42. The molecule has 3 amide bonds. The molecule has 2 aliphatic rings. The fraction of sp³-hybridized carbons (Fsp3) is 0.464. The third-order valence-corrected chi connectivity index (χ3v) is 7.50. The summed E-state index contributed by atoms with van der Waals surface area (Å²) in [6, 6.07) is 10.5. The van der Waals surface area contributed by atoms with Crippen LogP contribution in [0.1, 0.15) is 30.9 Å². The van der Waals surface area contributed by atoms with Crippen LogP contribution in [0.4, 0.5) is 8.78 Å². The number of likely N-dealkylation sites (N-methyl/N-ethyl adjacent to an activating group) is 1. The third kappa shape index (κ3) is 6.36. The van der Waals surface area contributed by atoms with Gasteiger partial charge in [0.2, 0.25) is 17.7 Å². The summed E-state index contributed by atoms with van der Waals surface area (Å²) < 4.78 is 27.8. The van der Waals surface area contributed by atoms with E-state index >= 15 is 0 Å². The van der Waals surface area contributed by atoms with Crippen molar-refractivity contribution in [2.24, 2.45) is 5.73 Å². The highest BCUT2D eigenvalue weighted by Crippen LogP contribution is 2.32. The number of carbonyl (C=O) groups excluding carboxylic acids is 3. The highest BCUT2D eigenvalue weighted by molar-refractivity contribution is 5.94. The van der Waals surface area contributed by atoms with E-state index in [1.54, 1.807) is 42.3 Å². The van der Waals surface area contributed by atoms with Crippen LogP contribution < -0.4 is 16.4 Å². The smallest absolute Gasteiger partial charge is 0.245 e. The highest BCUT2D eigenvalue weighted by atomic mass is 19.1. The second-order valence-corrected chi connectivity index (χ2v) is 10.3. The van der Waals surface area contributed by atoms with E-state index in [0.717, 1.165) is 0 Å². The van der Waals surface area contributed by atoms with Gasteiger partial charge < -0.3 is 21.3 Å². The van der Waals surface area contributed by atoms with Gasteiger partial charge in [0.25, 0.3) is 0 Å². The van der Waals surface area contributed by atoms with Gasteiger partial charge in [-0.3, -0.25) is 19.3 Å². The van der Waals surface area contributed by atoms with Crippen molar-refractivity contribution in [2.45, 2.75) is 56.3 Å². The molecule has 204 valence electrons. The van der Waals surface area contributed by atoms with Crippen molar-refractivity contribution in [3.05, 3.63) is 71.3 Å². The molecule has 8 nitrogen and oxygen atoms in total. The maximum atomic E-state index is 14.3. The van der Waals surface area contributed by atoms with E-state index < -0.39 is 17.6 Å². The van der Waals surface area contributed by atoms with Crippen LogP contribution in [0.5, 0.6) is 0 Å². The molecule has 1 saturated heterocycles. The maximum Gasteiger partial charge on any atom is 0.245 e. The molecule has 2 fully saturated rings. The Balaban J connectivity index is 1.48. The molecular formula is C28H35F2N5O3. The summed E-state index contributed by atoms with van der Waals surface area (Å²) in [6.07, 6.45) is 1.53. The molecule has 1 saturated carbocycles. The lowest BCUT2D eigenvalue weighted by Gasteiger charge is -2.43. The number of benzene rings is 2. The summed E-state index contributed by atoms with van der Waals surface area (Å²) in [7, 11) is 1.55. The van der Waals surface area contributed by atoms with Crippen LogP contribution in [0.3, 0.4) is 0 Å². The van der Waals surface area contributed by atoms with Crippen LogP contribution in [-0.2, 0) is 27.2 Å². The van der Waals surface area contributed by atoms with Crippen molar-refractivity contribution in [1.29, 1.82) is 0 Å². The standard InChI is InChI=1S/C28H35F2N5O3/c1-18-17-34(24(25(36)32-2)16-20-5-3-4-6-22(20)30)13-14-35(18)26(37)23(33-27(38)28(31)11-12-28)15-19-7-9-21(29)10-8-19/h3-10,18,23-24H,11-17,31H2,1-2H3,(H,32,36)(H,33,38). The summed E-state index contributed by atoms with van der Waals surface area (Å²) >= 11 is 0. The fourth-order valence-corrected chi connectivity index (χ4v) is 4.94. The molecule has 3 atom stereocenters. The van der Waals surface area contributed by atoms with Crippen molar-refractivity contribution >= 4 is 17.7 Å². The zero-order valence-electron chi connectivity index (χ0n) is 21.8. The molecular weight excluding hydrogens is 492 g/mol. The van der Waals surface area contributed by atoms with Gasteiger partial charge in [-0.15, -0.1) is 0 Å². The van der Waals surface area contributed by atoms with E-state index in [2.05, 4.69) is 10.6 Å². The molecule has 4 rings (SSSR count). The van der Waals surface area contributed by atoms with Gasteiger partial charge in [-0.25, -0.2) is 8.78 Å². The van der Waals surface area contributed by atoms with Gasteiger partial charge in [0, 0.05) is 39.1 Å². The van der Waals surface area contributed by atoms with Crippen molar-refractivity contribution < 1.29 is 23.2 Å². The van der Waals surface area contributed by atoms with Crippen molar-refractivity contribution in [3.63, 3.8) is 0 Å². The summed E-state index contributed by atoms with van der Waals surface area (Å²) in [6.45, 7) is 3.02. The Hall–Kier alpha value is -3.37. The lowest BCUT2D eigenvalue weighted by atomic mass is 9.99. The lowest BCUT2D eigenvalue weighted by molar-refractivity contribution is -0.142. The molecule has 2 aromatic carbocycles. The second-order valence-electron chi connectivity index (χ2n) is 10.3. The molecule has 1 aliphatic carbocycles. The number of amides is 3. The minimum Gasteiger partial charge on any atom is -0.358 e. The van der Waals surface area contributed by atoms with Crippen molar-refractivity contribution in [3.8, 4) is 0 Å². The molecule has 0 spiro atoms. The van der Waals surface area contributed by atoms with Gasteiger partial charge in [-0.05, 0) is 55.5 Å². The quantitative estimate of drug-likeness (QED) is 0.457. The van der Waals surface area contributed by atoms with Gasteiger partial charge >= 0.3 is 0 Å². The number of piperazine rings is 1. The van der Waals surface area contributed by atoms with E-state index in [0.29, 0.717) is 43.6 Å². The maximum absolute atomic E-state index is 14.3. The first-order valence-corrected chi connectivity index (χ1v) is 12.9. The number of hydrogen-bond acceptors (Lipinski definition) is 5. The monoisotopic (exact) mass is 527 g/mol. The normalized spacial score (nSPS) is 20.3. The SMILES string of the molecule is CNC(=O)C(Cc1ccccc1F)N1CCN(C(=O)C(Cc2ccc(F)cc2)NC(=O)C2(N)CC2)C(C)C1. The van der Waals surface area contributed by atoms with Gasteiger partial charge in [-0.2, -0.15) is 0 Å². The highest BCUT2D eigenvalue weighted by Gasteiger charge is 2.47. The van der Waals surface area contributed by atoms with E-state index in [9.17, 15) is 23.2 Å². The Morgan fingerprint density at radius 1 is 1.05 bits per heavy atom. The first-order valence-electron chi connectivity index (χ1n) is 12.9. The summed E-state index contributed by atoms with van der Waals surface area (Å²) in [5.74, 6) is -1.60. The number of halogens is 2. The lowest BCUT2D eigenvalue weighted by Crippen LogP contribution is -2.63. The molecule has 0 bridgehead atoms. The number of nitrogens with one attached hydrogen (secondary N) is 2. The molecule has 4 N–H and O–H groups in total. The van der Waals surface area contributed by atoms with Crippen LogP contribution in [0, 0.1) is 11.6 Å². The molecule has 38 heavy (non-hydrogen) atoms. The molecule has 1 aliphatic heterocycles. The number of nitrogens with zero attached hydrogens (tertiary/aromatic N) is 2. The second kappa shape index (κ2) is 11.6. The zero-order valence-corrected chi connectivity index (χ0v) is 21.8. The van der Waals surface area contributed by atoms with Gasteiger partial charge in [0.15, 0.2) is 0 Å². The van der Waals surface area contributed by atoms with Crippen LogP contribution in [0.25, 0.3) is 0 Å². The molecule has 1 heterocycles. The van der Waals surface area contributed by atoms with Crippen LogP contribution in [-0.4, -0.2) is 77.9 Å². The largest absolute Gasteiger partial charge is 0.358 e. The Bertz CT molecular complexity index is 1170.